The molecule has 1 amide bonds. The van der Waals surface area contributed by atoms with Gasteiger partial charge in [0.25, 0.3) is 5.91 Å². The molecular weight excluding hydrogens is 284 g/mol. The molecule has 1 aromatic carbocycles. The Morgan fingerprint density at radius 2 is 1.90 bits per heavy atom. The number of carbonyl (C=O) groups excluding carboxylic acids is 1. The van der Waals surface area contributed by atoms with E-state index in [4.69, 9.17) is 18.0 Å². The lowest BCUT2D eigenvalue weighted by Crippen LogP contribution is -2.50. The van der Waals surface area contributed by atoms with Gasteiger partial charge in [0.2, 0.25) is 0 Å². The molecule has 0 aliphatic carbocycles. The second-order valence-electron chi connectivity index (χ2n) is 4.64. The number of hydrogen-bond donors (Lipinski definition) is 1. The van der Waals surface area contributed by atoms with Crippen LogP contribution in [0.1, 0.15) is 10.4 Å². The molecule has 1 saturated heterocycles. The summed E-state index contributed by atoms with van der Waals surface area (Å²) < 4.78 is 26.7. The van der Waals surface area contributed by atoms with E-state index in [1.165, 1.54) is 17.0 Å². The fourth-order valence-electron chi connectivity index (χ4n) is 2.17. The Morgan fingerprint density at radius 1 is 1.25 bits per heavy atom. The average molecular weight is 299 g/mol. The third-order valence-electron chi connectivity index (χ3n) is 3.22. The Labute approximate surface area is 121 Å². The van der Waals surface area contributed by atoms with E-state index in [-0.39, 0.29) is 5.56 Å². The van der Waals surface area contributed by atoms with Crippen LogP contribution in [0.2, 0.25) is 0 Å². The van der Waals surface area contributed by atoms with Crippen LogP contribution in [-0.2, 0) is 0 Å². The van der Waals surface area contributed by atoms with Crippen molar-refractivity contribution in [1.29, 1.82) is 0 Å². The molecule has 0 radical (unpaired) electrons. The summed E-state index contributed by atoms with van der Waals surface area (Å²) in [5.74, 6) is -2.59. The van der Waals surface area contributed by atoms with E-state index >= 15 is 0 Å². The van der Waals surface area contributed by atoms with Crippen LogP contribution in [0.25, 0.3) is 0 Å². The average Bonchev–Trinajstić information content (AvgIpc) is 2.41. The van der Waals surface area contributed by atoms with E-state index in [1.807, 2.05) is 4.90 Å². The van der Waals surface area contributed by atoms with Crippen LogP contribution in [0, 0.1) is 11.6 Å². The first-order valence-corrected chi connectivity index (χ1v) is 6.64. The molecule has 0 aromatic heterocycles. The summed E-state index contributed by atoms with van der Waals surface area (Å²) in [5.41, 5.74) is 5.23. The van der Waals surface area contributed by atoms with Crippen LogP contribution in [0.4, 0.5) is 8.78 Å². The van der Waals surface area contributed by atoms with Gasteiger partial charge in [0.15, 0.2) is 11.6 Å². The molecule has 0 saturated carbocycles. The molecule has 108 valence electrons. The van der Waals surface area contributed by atoms with Gasteiger partial charge in [-0.1, -0.05) is 18.3 Å². The van der Waals surface area contributed by atoms with Gasteiger partial charge in [-0.05, 0) is 12.1 Å². The van der Waals surface area contributed by atoms with Gasteiger partial charge < -0.3 is 10.6 Å². The van der Waals surface area contributed by atoms with Gasteiger partial charge in [0.05, 0.1) is 10.6 Å². The van der Waals surface area contributed by atoms with Crippen molar-refractivity contribution in [2.45, 2.75) is 0 Å². The minimum Gasteiger partial charge on any atom is -0.392 e. The summed E-state index contributed by atoms with van der Waals surface area (Å²) in [6, 6.07) is 3.61. The quantitative estimate of drug-likeness (QED) is 0.846. The zero-order valence-electron chi connectivity index (χ0n) is 10.8. The van der Waals surface area contributed by atoms with Crippen LogP contribution in [0.3, 0.4) is 0 Å². The summed E-state index contributed by atoms with van der Waals surface area (Å²) in [6.07, 6.45) is 0. The highest BCUT2D eigenvalue weighted by Gasteiger charge is 2.25. The molecule has 7 heteroatoms. The van der Waals surface area contributed by atoms with Crippen LogP contribution in [0.5, 0.6) is 0 Å². The van der Waals surface area contributed by atoms with E-state index in [2.05, 4.69) is 0 Å². The fraction of sp³-hybridized carbons (Fsp3) is 0.385. The van der Waals surface area contributed by atoms with Gasteiger partial charge in [0, 0.05) is 32.7 Å². The summed E-state index contributed by atoms with van der Waals surface area (Å²) >= 11 is 4.83. The predicted octanol–water partition coefficient (Wildman–Crippen LogP) is 1.01. The maximum absolute atomic E-state index is 13.6. The first-order chi connectivity index (χ1) is 9.49. The minimum atomic E-state index is -1.09. The first kappa shape index (κ1) is 14.8. The van der Waals surface area contributed by atoms with Crippen LogP contribution >= 0.6 is 12.2 Å². The molecule has 2 N–H and O–H groups in total. The Bertz CT molecular complexity index is 530. The van der Waals surface area contributed by atoms with Crippen molar-refractivity contribution in [2.24, 2.45) is 5.73 Å². The lowest BCUT2D eigenvalue weighted by atomic mass is 10.1. The Morgan fingerprint density at radius 3 is 2.50 bits per heavy atom. The van der Waals surface area contributed by atoms with Crippen molar-refractivity contribution >= 4 is 23.1 Å². The third-order valence-corrected chi connectivity index (χ3v) is 3.35. The highest BCUT2D eigenvalue weighted by atomic mass is 32.1. The monoisotopic (exact) mass is 299 g/mol. The molecule has 2 rings (SSSR count). The summed E-state index contributed by atoms with van der Waals surface area (Å²) in [7, 11) is 0. The second kappa shape index (κ2) is 6.23. The highest BCUT2D eigenvalue weighted by molar-refractivity contribution is 7.80. The normalized spacial score (nSPS) is 16.2. The molecule has 1 aromatic rings. The van der Waals surface area contributed by atoms with E-state index in [1.54, 1.807) is 0 Å². The lowest BCUT2D eigenvalue weighted by Gasteiger charge is -2.34. The molecule has 1 aliphatic heterocycles. The lowest BCUT2D eigenvalue weighted by molar-refractivity contribution is 0.0648. The Hall–Kier alpha value is -1.60. The van der Waals surface area contributed by atoms with Crippen LogP contribution in [-0.4, -0.2) is 53.4 Å². The number of halogens is 2. The van der Waals surface area contributed by atoms with E-state index in [0.29, 0.717) is 37.7 Å². The van der Waals surface area contributed by atoms with E-state index < -0.39 is 17.5 Å². The van der Waals surface area contributed by atoms with Crippen molar-refractivity contribution < 1.29 is 13.6 Å². The Balaban J connectivity index is 2.02. The molecule has 4 nitrogen and oxygen atoms in total. The maximum atomic E-state index is 13.6. The number of benzene rings is 1. The largest absolute Gasteiger partial charge is 0.392 e. The first-order valence-electron chi connectivity index (χ1n) is 6.23. The molecule has 0 atom stereocenters. The summed E-state index contributed by atoms with van der Waals surface area (Å²) in [4.78, 5) is 16.1. The topological polar surface area (TPSA) is 49.6 Å². The van der Waals surface area contributed by atoms with Crippen molar-refractivity contribution in [3.63, 3.8) is 0 Å². The number of nitrogens with two attached hydrogens (primary N) is 1. The number of rotatable bonds is 3. The van der Waals surface area contributed by atoms with Gasteiger partial charge in [0.1, 0.15) is 0 Å². The molecule has 0 unspecified atom stereocenters. The van der Waals surface area contributed by atoms with Crippen LogP contribution < -0.4 is 5.73 Å². The number of carbonyl (C=O) groups is 1. The van der Waals surface area contributed by atoms with Crippen molar-refractivity contribution in [3.05, 3.63) is 35.4 Å². The molecule has 1 fully saturated rings. The molecule has 0 spiro atoms. The zero-order valence-corrected chi connectivity index (χ0v) is 11.6. The third kappa shape index (κ3) is 3.29. The smallest absolute Gasteiger partial charge is 0.257 e. The summed E-state index contributed by atoms with van der Waals surface area (Å²) in [6.45, 7) is 2.61. The molecule has 0 bridgehead atoms. The van der Waals surface area contributed by atoms with Crippen molar-refractivity contribution in [2.75, 3.05) is 32.7 Å². The number of nitrogens with zero attached hydrogens (tertiary/aromatic N) is 2. The van der Waals surface area contributed by atoms with E-state index in [9.17, 15) is 13.6 Å². The van der Waals surface area contributed by atoms with Gasteiger partial charge in [-0.15, -0.1) is 0 Å². The van der Waals surface area contributed by atoms with Crippen LogP contribution in [0.15, 0.2) is 18.2 Å². The zero-order chi connectivity index (χ0) is 14.7. The fourth-order valence-corrected chi connectivity index (χ4v) is 2.35. The SMILES string of the molecule is NC(=S)CN1CCN(C(=O)c2cccc(F)c2F)CC1. The molecular formula is C13H15F2N3OS. The highest BCUT2D eigenvalue weighted by Crippen LogP contribution is 2.15. The number of amides is 1. The van der Waals surface area contributed by atoms with Gasteiger partial charge in [-0.2, -0.15) is 0 Å². The predicted molar refractivity (Wildman–Crippen MR) is 75.5 cm³/mol. The standard InChI is InChI=1S/C13H15F2N3OS/c14-10-3-1-2-9(12(10)15)13(19)18-6-4-17(5-7-18)8-11(16)20/h1-3H,4-8H2,(H2,16,20). The van der Waals surface area contributed by atoms with Gasteiger partial charge in [-0.25, -0.2) is 8.78 Å². The number of thiocarbonyl (C=S) groups is 1. The number of piperazine rings is 1. The Kier molecular flexibility index (Phi) is 4.61. The van der Waals surface area contributed by atoms with Crippen molar-refractivity contribution in [1.82, 2.24) is 9.80 Å². The molecule has 1 heterocycles. The number of hydrogen-bond acceptors (Lipinski definition) is 3. The minimum absolute atomic E-state index is 0.229. The summed E-state index contributed by atoms with van der Waals surface area (Å²) in [5, 5.41) is 0. The maximum Gasteiger partial charge on any atom is 0.257 e. The molecule has 20 heavy (non-hydrogen) atoms. The van der Waals surface area contributed by atoms with Crippen molar-refractivity contribution in [3.8, 4) is 0 Å². The van der Waals surface area contributed by atoms with Gasteiger partial charge in [-0.3, -0.25) is 9.69 Å². The van der Waals surface area contributed by atoms with Gasteiger partial charge >= 0.3 is 0 Å². The molecule has 1 aliphatic rings. The second-order valence-corrected chi connectivity index (χ2v) is 5.16. The van der Waals surface area contributed by atoms with E-state index in [0.717, 1.165) is 6.07 Å².